The summed E-state index contributed by atoms with van der Waals surface area (Å²) in [6.07, 6.45) is 1.24. The van der Waals surface area contributed by atoms with E-state index in [0.29, 0.717) is 27.5 Å². The van der Waals surface area contributed by atoms with Gasteiger partial charge in [0.25, 0.3) is 17.5 Å². The van der Waals surface area contributed by atoms with Crippen LogP contribution in [0.1, 0.15) is 16.9 Å². The summed E-state index contributed by atoms with van der Waals surface area (Å²) in [5.41, 5.74) is 1.66. The largest absolute Gasteiger partial charge is 0.457 e. The molecule has 0 spiro atoms. The van der Waals surface area contributed by atoms with Gasteiger partial charge in [0.05, 0.1) is 10.6 Å². The van der Waals surface area contributed by atoms with Gasteiger partial charge >= 0.3 is 6.03 Å². The van der Waals surface area contributed by atoms with Crippen molar-refractivity contribution in [3.8, 4) is 11.3 Å². The maximum Gasteiger partial charge on any atom is 0.335 e. The molecule has 4 amide bonds. The Kier molecular flexibility index (Phi) is 5.57. The Morgan fingerprint density at radius 1 is 1.09 bits per heavy atom. The van der Waals surface area contributed by atoms with Gasteiger partial charge in [0.1, 0.15) is 17.1 Å². The highest BCUT2D eigenvalue weighted by atomic mass is 35.5. The van der Waals surface area contributed by atoms with Crippen LogP contribution in [0.2, 0.25) is 5.02 Å². The average Bonchev–Trinajstić information content (AvgIpc) is 3.22. The summed E-state index contributed by atoms with van der Waals surface area (Å²) >= 11 is 6.12. The van der Waals surface area contributed by atoms with Gasteiger partial charge in [-0.05, 0) is 61.4 Å². The van der Waals surface area contributed by atoms with Crippen LogP contribution in [0.3, 0.4) is 0 Å². The summed E-state index contributed by atoms with van der Waals surface area (Å²) in [6, 6.07) is 11.4. The van der Waals surface area contributed by atoms with Crippen molar-refractivity contribution in [2.24, 2.45) is 0 Å². The zero-order valence-corrected chi connectivity index (χ0v) is 18.2. The third-order valence-electron chi connectivity index (χ3n) is 5.18. The number of nitrogens with one attached hydrogen (secondary N) is 1. The number of amides is 4. The lowest BCUT2D eigenvalue weighted by atomic mass is 10.1. The number of hydrogen-bond acceptors (Lipinski definition) is 6. The Morgan fingerprint density at radius 2 is 1.85 bits per heavy atom. The van der Waals surface area contributed by atoms with Crippen molar-refractivity contribution in [3.05, 3.63) is 86.1 Å². The summed E-state index contributed by atoms with van der Waals surface area (Å²) in [7, 11) is 0. The fraction of sp³-hybridized carbons (Fsp3) is 0.0870. The summed E-state index contributed by atoms with van der Waals surface area (Å²) in [6.45, 7) is 3.36. The molecule has 2 heterocycles. The van der Waals surface area contributed by atoms with E-state index >= 15 is 0 Å². The first-order chi connectivity index (χ1) is 15.7. The zero-order chi connectivity index (χ0) is 23.9. The molecule has 10 heteroatoms. The molecule has 1 fully saturated rings. The number of nitro groups is 1. The van der Waals surface area contributed by atoms with Gasteiger partial charge in [0, 0.05) is 22.7 Å². The van der Waals surface area contributed by atoms with E-state index in [2.05, 4.69) is 5.32 Å². The van der Waals surface area contributed by atoms with Crippen molar-refractivity contribution in [2.45, 2.75) is 13.8 Å². The van der Waals surface area contributed by atoms with Crippen LogP contribution in [-0.2, 0) is 9.59 Å². The van der Waals surface area contributed by atoms with Gasteiger partial charge in [-0.2, -0.15) is 0 Å². The summed E-state index contributed by atoms with van der Waals surface area (Å²) in [5, 5.41) is 13.5. The molecule has 0 aliphatic carbocycles. The van der Waals surface area contributed by atoms with Crippen LogP contribution in [-0.4, -0.2) is 22.8 Å². The molecule has 1 N–H and O–H groups in total. The average molecular weight is 466 g/mol. The molecule has 1 aliphatic heterocycles. The minimum absolute atomic E-state index is 0.0457. The van der Waals surface area contributed by atoms with Crippen LogP contribution >= 0.6 is 11.6 Å². The maximum absolute atomic E-state index is 13.1. The topological polar surface area (TPSA) is 123 Å². The quantitative estimate of drug-likeness (QED) is 0.256. The molecular formula is C23H16ClN3O6. The number of carbonyl (C=O) groups excluding carboxylic acids is 3. The number of urea groups is 1. The molecule has 0 saturated carbocycles. The van der Waals surface area contributed by atoms with Gasteiger partial charge in [0.2, 0.25) is 0 Å². The molecule has 0 radical (unpaired) electrons. The normalized spacial score (nSPS) is 15.2. The smallest absolute Gasteiger partial charge is 0.335 e. The van der Waals surface area contributed by atoms with Crippen LogP contribution in [0.25, 0.3) is 17.4 Å². The van der Waals surface area contributed by atoms with Crippen molar-refractivity contribution in [1.82, 2.24) is 5.32 Å². The van der Waals surface area contributed by atoms with E-state index in [1.807, 2.05) is 0 Å². The number of halogens is 1. The fourth-order valence-electron chi connectivity index (χ4n) is 3.47. The number of rotatable bonds is 4. The predicted octanol–water partition coefficient (Wildman–Crippen LogP) is 4.79. The molecule has 166 valence electrons. The number of imide groups is 2. The molecule has 0 atom stereocenters. The lowest BCUT2D eigenvalue weighted by Crippen LogP contribution is -2.54. The summed E-state index contributed by atoms with van der Waals surface area (Å²) < 4.78 is 5.76. The number of barbiturate groups is 1. The van der Waals surface area contributed by atoms with E-state index < -0.39 is 22.8 Å². The lowest BCUT2D eigenvalue weighted by molar-refractivity contribution is -0.384. The highest BCUT2D eigenvalue weighted by Crippen LogP contribution is 2.31. The number of non-ortho nitro benzene ring substituents is 1. The van der Waals surface area contributed by atoms with Crippen LogP contribution in [0.5, 0.6) is 0 Å². The summed E-state index contributed by atoms with van der Waals surface area (Å²) in [4.78, 5) is 49.2. The van der Waals surface area contributed by atoms with E-state index in [4.69, 9.17) is 16.0 Å². The highest BCUT2D eigenvalue weighted by molar-refractivity contribution is 6.39. The van der Waals surface area contributed by atoms with Crippen LogP contribution in [0.15, 0.2) is 58.5 Å². The number of anilines is 1. The van der Waals surface area contributed by atoms with E-state index in [1.54, 1.807) is 50.2 Å². The first-order valence-corrected chi connectivity index (χ1v) is 10.1. The van der Waals surface area contributed by atoms with Gasteiger partial charge < -0.3 is 4.42 Å². The number of nitro benzene ring substituents is 1. The van der Waals surface area contributed by atoms with Gasteiger partial charge in [-0.25, -0.2) is 9.69 Å². The Labute approximate surface area is 192 Å². The molecule has 1 aliphatic rings. The van der Waals surface area contributed by atoms with Gasteiger partial charge in [-0.1, -0.05) is 17.7 Å². The van der Waals surface area contributed by atoms with Gasteiger partial charge in [-0.3, -0.25) is 25.0 Å². The number of aryl methyl sites for hydroxylation is 1. The standard InChI is InChI=1S/C23H16ClN3O6/c1-12-10-14(27(31)32)6-8-16(12)20-9-7-15(33-20)11-17-21(28)25-23(30)26(22(17)29)19-5-3-4-18(24)13(19)2/h3-11H,1-2H3,(H,25,28,30)/b17-11-. The van der Waals surface area contributed by atoms with Crippen LogP contribution < -0.4 is 10.2 Å². The molecule has 9 nitrogen and oxygen atoms in total. The van der Waals surface area contributed by atoms with E-state index in [1.165, 1.54) is 18.2 Å². The van der Waals surface area contributed by atoms with E-state index in [9.17, 15) is 24.5 Å². The molecule has 3 aromatic rings. The molecule has 0 bridgehead atoms. The minimum atomic E-state index is -0.880. The Morgan fingerprint density at radius 3 is 2.55 bits per heavy atom. The third kappa shape index (κ3) is 4.01. The maximum atomic E-state index is 13.1. The highest BCUT2D eigenvalue weighted by Gasteiger charge is 2.37. The first-order valence-electron chi connectivity index (χ1n) is 9.69. The molecule has 1 saturated heterocycles. The monoisotopic (exact) mass is 465 g/mol. The number of nitrogens with zero attached hydrogens (tertiary/aromatic N) is 2. The second-order valence-electron chi connectivity index (χ2n) is 7.30. The number of hydrogen-bond donors (Lipinski definition) is 1. The molecule has 4 rings (SSSR count). The zero-order valence-electron chi connectivity index (χ0n) is 17.4. The molecule has 33 heavy (non-hydrogen) atoms. The Bertz CT molecular complexity index is 1370. The van der Waals surface area contributed by atoms with E-state index in [0.717, 1.165) is 4.90 Å². The fourth-order valence-corrected chi connectivity index (χ4v) is 3.64. The minimum Gasteiger partial charge on any atom is -0.457 e. The SMILES string of the molecule is Cc1cc([N+](=O)[O-])ccc1-c1ccc(/C=C2/C(=O)NC(=O)N(c3cccc(Cl)c3C)C2=O)o1. The molecule has 1 aromatic heterocycles. The molecule has 2 aromatic carbocycles. The van der Waals surface area contributed by atoms with E-state index in [-0.39, 0.29) is 22.7 Å². The number of carbonyl (C=O) groups is 3. The predicted molar refractivity (Wildman–Crippen MR) is 121 cm³/mol. The van der Waals surface area contributed by atoms with Crippen molar-refractivity contribution >= 4 is 46.9 Å². The Hall–Kier alpha value is -4.24. The third-order valence-corrected chi connectivity index (χ3v) is 5.59. The van der Waals surface area contributed by atoms with Crippen LogP contribution in [0.4, 0.5) is 16.2 Å². The summed E-state index contributed by atoms with van der Waals surface area (Å²) in [5.74, 6) is -1.08. The second-order valence-corrected chi connectivity index (χ2v) is 7.71. The lowest BCUT2D eigenvalue weighted by Gasteiger charge is -2.27. The van der Waals surface area contributed by atoms with Crippen LogP contribution in [0, 0.1) is 24.0 Å². The van der Waals surface area contributed by atoms with Crippen molar-refractivity contribution in [1.29, 1.82) is 0 Å². The second kappa shape index (κ2) is 8.36. The Balaban J connectivity index is 1.69. The van der Waals surface area contributed by atoms with Crippen molar-refractivity contribution < 1.29 is 23.7 Å². The number of benzene rings is 2. The number of furan rings is 1. The first kappa shape index (κ1) is 22.0. The van der Waals surface area contributed by atoms with Crippen molar-refractivity contribution in [3.63, 3.8) is 0 Å². The van der Waals surface area contributed by atoms with Gasteiger partial charge in [-0.15, -0.1) is 0 Å². The molecule has 0 unspecified atom stereocenters. The van der Waals surface area contributed by atoms with Crippen molar-refractivity contribution in [2.75, 3.05) is 4.90 Å². The molecular weight excluding hydrogens is 450 g/mol. The van der Waals surface area contributed by atoms with Gasteiger partial charge in [0.15, 0.2) is 0 Å².